The molecule has 1 amide bonds. The predicted octanol–water partition coefficient (Wildman–Crippen LogP) is 3.53. The SMILES string of the molecule is CN(C(=O)Oc1ccc(Cn2ccc(=O)cc2)cc1)c1ccccc1. The lowest BCUT2D eigenvalue weighted by Crippen LogP contribution is -2.29. The number of anilines is 1. The van der Waals surface area contributed by atoms with E-state index in [9.17, 15) is 9.59 Å². The number of nitrogens with zero attached hydrogens (tertiary/aromatic N) is 2. The first-order chi connectivity index (χ1) is 12.1. The van der Waals surface area contributed by atoms with Crippen molar-refractivity contribution in [2.75, 3.05) is 11.9 Å². The smallest absolute Gasteiger partial charge is 0.410 e. The summed E-state index contributed by atoms with van der Waals surface area (Å²) in [7, 11) is 1.67. The topological polar surface area (TPSA) is 51.5 Å². The van der Waals surface area contributed by atoms with Gasteiger partial charge in [0, 0.05) is 43.8 Å². The van der Waals surface area contributed by atoms with Gasteiger partial charge in [-0.2, -0.15) is 0 Å². The van der Waals surface area contributed by atoms with E-state index in [2.05, 4.69) is 0 Å². The van der Waals surface area contributed by atoms with Crippen molar-refractivity contribution in [3.05, 3.63) is 94.9 Å². The highest BCUT2D eigenvalue weighted by Gasteiger charge is 2.12. The molecule has 0 atom stereocenters. The molecule has 25 heavy (non-hydrogen) atoms. The van der Waals surface area contributed by atoms with E-state index < -0.39 is 6.09 Å². The summed E-state index contributed by atoms with van der Waals surface area (Å²) >= 11 is 0. The van der Waals surface area contributed by atoms with Gasteiger partial charge in [0.25, 0.3) is 0 Å². The minimum atomic E-state index is -0.445. The lowest BCUT2D eigenvalue weighted by atomic mass is 10.2. The van der Waals surface area contributed by atoms with Crippen molar-refractivity contribution in [3.8, 4) is 5.75 Å². The Morgan fingerprint density at radius 1 is 0.960 bits per heavy atom. The number of ether oxygens (including phenoxy) is 1. The molecular formula is C20H18N2O3. The van der Waals surface area contributed by atoms with Crippen LogP contribution in [0.5, 0.6) is 5.75 Å². The number of pyridine rings is 1. The van der Waals surface area contributed by atoms with Gasteiger partial charge < -0.3 is 9.30 Å². The van der Waals surface area contributed by atoms with Crippen LogP contribution in [0.2, 0.25) is 0 Å². The number of rotatable bonds is 4. The lowest BCUT2D eigenvalue weighted by molar-refractivity contribution is 0.209. The molecule has 0 spiro atoms. The molecule has 0 saturated carbocycles. The predicted molar refractivity (Wildman–Crippen MR) is 97.1 cm³/mol. The lowest BCUT2D eigenvalue weighted by Gasteiger charge is -2.16. The second kappa shape index (κ2) is 7.49. The Kier molecular flexibility index (Phi) is 4.95. The minimum Gasteiger partial charge on any atom is -0.410 e. The summed E-state index contributed by atoms with van der Waals surface area (Å²) in [6.45, 7) is 0.637. The highest BCUT2D eigenvalue weighted by Crippen LogP contribution is 2.17. The quantitative estimate of drug-likeness (QED) is 0.733. The van der Waals surface area contributed by atoms with Gasteiger partial charge in [-0.3, -0.25) is 9.69 Å². The normalized spacial score (nSPS) is 10.3. The van der Waals surface area contributed by atoms with E-state index in [1.165, 1.54) is 17.0 Å². The standard InChI is InChI=1S/C20H18N2O3/c1-21(17-5-3-2-4-6-17)20(24)25-19-9-7-16(8-10-19)15-22-13-11-18(23)12-14-22/h2-14H,15H2,1H3. The van der Waals surface area contributed by atoms with Crippen molar-refractivity contribution in [3.63, 3.8) is 0 Å². The Hall–Kier alpha value is -3.34. The number of carbonyl (C=O) groups is 1. The molecule has 0 fully saturated rings. The fourth-order valence-electron chi connectivity index (χ4n) is 2.35. The van der Waals surface area contributed by atoms with Crippen LogP contribution in [0.15, 0.2) is 83.9 Å². The summed E-state index contributed by atoms with van der Waals surface area (Å²) in [6.07, 6.45) is 3.04. The molecule has 0 aliphatic rings. The van der Waals surface area contributed by atoms with E-state index in [1.54, 1.807) is 31.6 Å². The number of carbonyl (C=O) groups excluding carboxylic acids is 1. The molecule has 1 aromatic heterocycles. The zero-order valence-corrected chi connectivity index (χ0v) is 13.8. The van der Waals surface area contributed by atoms with Crippen LogP contribution in [0.4, 0.5) is 10.5 Å². The van der Waals surface area contributed by atoms with Gasteiger partial charge in [0.05, 0.1) is 0 Å². The van der Waals surface area contributed by atoms with Gasteiger partial charge in [0.1, 0.15) is 5.75 Å². The van der Waals surface area contributed by atoms with Gasteiger partial charge in [0.2, 0.25) is 0 Å². The van der Waals surface area contributed by atoms with Crippen LogP contribution in [0.25, 0.3) is 0 Å². The van der Waals surface area contributed by atoms with Gasteiger partial charge in [-0.1, -0.05) is 30.3 Å². The molecule has 0 unspecified atom stereocenters. The third kappa shape index (κ3) is 4.35. The second-order valence-corrected chi connectivity index (χ2v) is 5.61. The molecule has 0 aliphatic carbocycles. The molecule has 0 aliphatic heterocycles. The molecule has 0 N–H and O–H groups in total. The Morgan fingerprint density at radius 2 is 1.60 bits per heavy atom. The first-order valence-electron chi connectivity index (χ1n) is 7.87. The van der Waals surface area contributed by atoms with E-state index in [0.29, 0.717) is 12.3 Å². The van der Waals surface area contributed by atoms with Crippen LogP contribution < -0.4 is 15.1 Å². The number of aromatic nitrogens is 1. The molecule has 0 radical (unpaired) electrons. The van der Waals surface area contributed by atoms with E-state index >= 15 is 0 Å². The van der Waals surface area contributed by atoms with E-state index in [1.807, 2.05) is 47.0 Å². The summed E-state index contributed by atoms with van der Waals surface area (Å²) in [6, 6.07) is 19.7. The first kappa shape index (κ1) is 16.5. The zero-order valence-electron chi connectivity index (χ0n) is 13.8. The summed E-state index contributed by atoms with van der Waals surface area (Å²) in [5, 5.41) is 0. The van der Waals surface area contributed by atoms with Crippen LogP contribution in [-0.4, -0.2) is 17.7 Å². The fourth-order valence-corrected chi connectivity index (χ4v) is 2.35. The maximum atomic E-state index is 12.2. The number of amides is 1. The molecule has 3 rings (SSSR count). The Bertz CT molecular complexity index is 882. The average molecular weight is 334 g/mol. The van der Waals surface area contributed by atoms with Crippen molar-refractivity contribution in [1.29, 1.82) is 0 Å². The van der Waals surface area contributed by atoms with E-state index in [0.717, 1.165) is 11.3 Å². The maximum absolute atomic E-state index is 12.2. The summed E-state index contributed by atoms with van der Waals surface area (Å²) < 4.78 is 7.30. The van der Waals surface area contributed by atoms with Crippen LogP contribution in [0.1, 0.15) is 5.56 Å². The summed E-state index contributed by atoms with van der Waals surface area (Å²) in [5.74, 6) is 0.483. The van der Waals surface area contributed by atoms with Gasteiger partial charge >= 0.3 is 6.09 Å². The van der Waals surface area contributed by atoms with Crippen molar-refractivity contribution in [2.24, 2.45) is 0 Å². The van der Waals surface area contributed by atoms with Crippen LogP contribution >= 0.6 is 0 Å². The van der Waals surface area contributed by atoms with Crippen molar-refractivity contribution in [1.82, 2.24) is 4.57 Å². The van der Waals surface area contributed by atoms with Crippen molar-refractivity contribution >= 4 is 11.8 Å². The molecule has 1 heterocycles. The molecule has 3 aromatic rings. The largest absolute Gasteiger partial charge is 0.419 e. The number of benzene rings is 2. The highest BCUT2D eigenvalue weighted by atomic mass is 16.6. The number of hydrogen-bond acceptors (Lipinski definition) is 3. The first-order valence-corrected chi connectivity index (χ1v) is 7.87. The van der Waals surface area contributed by atoms with Gasteiger partial charge in [-0.05, 0) is 29.8 Å². The average Bonchev–Trinajstić information content (AvgIpc) is 2.65. The monoisotopic (exact) mass is 334 g/mol. The Labute approximate surface area is 145 Å². The maximum Gasteiger partial charge on any atom is 0.419 e. The van der Waals surface area contributed by atoms with Crippen molar-refractivity contribution in [2.45, 2.75) is 6.54 Å². The van der Waals surface area contributed by atoms with Crippen LogP contribution in [0, 0.1) is 0 Å². The Balaban J connectivity index is 1.63. The van der Waals surface area contributed by atoms with Crippen LogP contribution in [0.3, 0.4) is 0 Å². The van der Waals surface area contributed by atoms with Gasteiger partial charge in [-0.15, -0.1) is 0 Å². The summed E-state index contributed by atoms with van der Waals surface area (Å²) in [4.78, 5) is 24.8. The molecule has 0 saturated heterocycles. The number of hydrogen-bond donors (Lipinski definition) is 0. The molecular weight excluding hydrogens is 316 g/mol. The third-order valence-corrected chi connectivity index (χ3v) is 3.77. The fraction of sp³-hybridized carbons (Fsp3) is 0.100. The van der Waals surface area contributed by atoms with Gasteiger partial charge in [-0.25, -0.2) is 4.79 Å². The molecule has 2 aromatic carbocycles. The zero-order chi connectivity index (χ0) is 17.6. The van der Waals surface area contributed by atoms with Gasteiger partial charge in [0.15, 0.2) is 5.43 Å². The molecule has 0 bridgehead atoms. The molecule has 5 nitrogen and oxygen atoms in total. The highest BCUT2D eigenvalue weighted by molar-refractivity contribution is 5.88. The van der Waals surface area contributed by atoms with E-state index in [-0.39, 0.29) is 5.43 Å². The molecule has 5 heteroatoms. The molecule has 126 valence electrons. The van der Waals surface area contributed by atoms with E-state index in [4.69, 9.17) is 4.74 Å². The van der Waals surface area contributed by atoms with Crippen molar-refractivity contribution < 1.29 is 9.53 Å². The third-order valence-electron chi connectivity index (χ3n) is 3.77. The van der Waals surface area contributed by atoms with Crippen LogP contribution in [-0.2, 0) is 6.54 Å². The summed E-state index contributed by atoms with van der Waals surface area (Å²) in [5.41, 5.74) is 1.79. The minimum absolute atomic E-state index is 0.0129. The Morgan fingerprint density at radius 3 is 2.24 bits per heavy atom. The number of para-hydroxylation sites is 1. The second-order valence-electron chi connectivity index (χ2n) is 5.61.